The molecule has 0 bridgehead atoms. The molecule has 1 saturated heterocycles. The molecule has 0 aromatic heterocycles. The fourth-order valence-electron chi connectivity index (χ4n) is 2.57. The predicted molar refractivity (Wildman–Crippen MR) is 97.1 cm³/mol. The van der Waals surface area contributed by atoms with Crippen LogP contribution in [0.15, 0.2) is 29.2 Å². The van der Waals surface area contributed by atoms with Crippen LogP contribution in [0.1, 0.15) is 6.92 Å². The molecule has 1 N–H and O–H groups in total. The third kappa shape index (κ3) is 4.98. The van der Waals surface area contributed by atoms with Crippen LogP contribution in [0, 0.1) is 11.8 Å². The standard InChI is InChI=1S/C16H20N2O7S2/c1-3-4-11-25-13-5-7-14(8-6-13)27(23,24)18-10-9-17(26(2,21)22)12-15(18)16(19)20/h5-8,15H,9-12H2,1-2H3,(H,19,20). The van der Waals surface area contributed by atoms with Crippen molar-refractivity contribution >= 4 is 26.0 Å². The summed E-state index contributed by atoms with van der Waals surface area (Å²) in [6, 6.07) is 4.02. The lowest BCUT2D eigenvalue weighted by molar-refractivity contribution is -0.142. The third-order valence-electron chi connectivity index (χ3n) is 3.97. The fraction of sp³-hybridized carbons (Fsp3) is 0.438. The van der Waals surface area contributed by atoms with Gasteiger partial charge in [0.25, 0.3) is 0 Å². The van der Waals surface area contributed by atoms with Crippen LogP contribution < -0.4 is 4.74 Å². The number of carboxylic acids is 1. The lowest BCUT2D eigenvalue weighted by atomic mass is 10.2. The second-order valence-electron chi connectivity index (χ2n) is 5.78. The van der Waals surface area contributed by atoms with E-state index < -0.39 is 38.6 Å². The summed E-state index contributed by atoms with van der Waals surface area (Å²) >= 11 is 0. The number of carboxylic acid groups (broad SMARTS) is 1. The van der Waals surface area contributed by atoms with Gasteiger partial charge in [0.1, 0.15) is 18.4 Å². The van der Waals surface area contributed by atoms with Gasteiger partial charge in [-0.25, -0.2) is 16.8 Å². The van der Waals surface area contributed by atoms with E-state index in [4.69, 9.17) is 4.74 Å². The molecule has 1 unspecified atom stereocenters. The number of sulfonamides is 2. The normalized spacial score (nSPS) is 19.1. The van der Waals surface area contributed by atoms with Crippen LogP contribution >= 0.6 is 0 Å². The van der Waals surface area contributed by atoms with Crippen molar-refractivity contribution in [3.8, 4) is 17.6 Å². The third-order valence-corrected chi connectivity index (χ3v) is 7.16. The summed E-state index contributed by atoms with van der Waals surface area (Å²) < 4.78 is 56.2. The van der Waals surface area contributed by atoms with Gasteiger partial charge in [-0.2, -0.15) is 8.61 Å². The Morgan fingerprint density at radius 1 is 1.22 bits per heavy atom. The summed E-state index contributed by atoms with van der Waals surface area (Å²) in [6.45, 7) is 1.03. The van der Waals surface area contributed by atoms with Crippen molar-refractivity contribution < 1.29 is 31.5 Å². The molecule has 0 spiro atoms. The number of hydrogen-bond donors (Lipinski definition) is 1. The quantitative estimate of drug-likeness (QED) is 0.638. The molecule has 27 heavy (non-hydrogen) atoms. The number of ether oxygens (including phenoxy) is 1. The second-order valence-corrected chi connectivity index (χ2v) is 9.65. The molecular weight excluding hydrogens is 396 g/mol. The van der Waals surface area contributed by atoms with Crippen molar-refractivity contribution in [3.05, 3.63) is 24.3 Å². The van der Waals surface area contributed by atoms with Gasteiger partial charge >= 0.3 is 5.97 Å². The van der Waals surface area contributed by atoms with Gasteiger partial charge in [-0.05, 0) is 31.2 Å². The number of piperazine rings is 1. The zero-order valence-corrected chi connectivity index (χ0v) is 16.5. The number of carbonyl (C=O) groups is 1. The number of nitrogens with zero attached hydrogens (tertiary/aromatic N) is 2. The van der Waals surface area contributed by atoms with E-state index in [1.165, 1.54) is 24.3 Å². The maximum atomic E-state index is 12.9. The molecule has 0 saturated carbocycles. The highest BCUT2D eigenvalue weighted by molar-refractivity contribution is 7.89. The van der Waals surface area contributed by atoms with Crippen molar-refractivity contribution in [2.45, 2.75) is 17.9 Å². The predicted octanol–water partition coefficient (Wildman–Crippen LogP) is -0.192. The van der Waals surface area contributed by atoms with Gasteiger partial charge in [0.15, 0.2) is 0 Å². The lowest BCUT2D eigenvalue weighted by Gasteiger charge is -2.37. The first-order valence-corrected chi connectivity index (χ1v) is 11.2. The van der Waals surface area contributed by atoms with Gasteiger partial charge in [-0.1, -0.05) is 5.92 Å². The van der Waals surface area contributed by atoms with Crippen molar-refractivity contribution in [2.75, 3.05) is 32.5 Å². The molecular formula is C16H20N2O7S2. The topological polar surface area (TPSA) is 121 Å². The first kappa shape index (κ1) is 21.2. The summed E-state index contributed by atoms with van der Waals surface area (Å²) in [5.41, 5.74) is 0. The average molecular weight is 416 g/mol. The van der Waals surface area contributed by atoms with E-state index in [1.807, 2.05) is 0 Å². The number of aliphatic carboxylic acids is 1. The summed E-state index contributed by atoms with van der Waals surface area (Å²) in [5, 5.41) is 9.41. The minimum atomic E-state index is -4.12. The van der Waals surface area contributed by atoms with E-state index in [2.05, 4.69) is 11.8 Å². The molecule has 0 radical (unpaired) electrons. The van der Waals surface area contributed by atoms with Gasteiger partial charge in [0.2, 0.25) is 20.0 Å². The summed E-state index contributed by atoms with van der Waals surface area (Å²) in [6.07, 6.45) is 0.956. The Morgan fingerprint density at radius 3 is 2.37 bits per heavy atom. The van der Waals surface area contributed by atoms with Gasteiger partial charge in [-0.3, -0.25) is 4.79 Å². The maximum Gasteiger partial charge on any atom is 0.323 e. The first-order valence-electron chi connectivity index (χ1n) is 7.89. The molecule has 148 valence electrons. The summed E-state index contributed by atoms with van der Waals surface area (Å²) in [7, 11) is -7.74. The van der Waals surface area contributed by atoms with Crippen molar-refractivity contribution in [2.24, 2.45) is 0 Å². The zero-order valence-electron chi connectivity index (χ0n) is 14.8. The van der Waals surface area contributed by atoms with Crippen molar-refractivity contribution in [1.29, 1.82) is 0 Å². The maximum absolute atomic E-state index is 12.9. The molecule has 1 heterocycles. The van der Waals surface area contributed by atoms with Crippen LogP contribution in [0.3, 0.4) is 0 Å². The number of hydrogen-bond acceptors (Lipinski definition) is 6. The molecule has 11 heteroatoms. The SMILES string of the molecule is CC#CCOc1ccc(S(=O)(=O)N2CCN(S(C)(=O)=O)CC2C(=O)O)cc1. The Bertz CT molecular complexity index is 960. The molecule has 1 aromatic rings. The number of rotatable bonds is 6. The van der Waals surface area contributed by atoms with Crippen LogP contribution in [0.25, 0.3) is 0 Å². The monoisotopic (exact) mass is 416 g/mol. The van der Waals surface area contributed by atoms with Crippen LogP contribution in [-0.2, 0) is 24.8 Å². The van der Waals surface area contributed by atoms with Crippen LogP contribution in [0.5, 0.6) is 5.75 Å². The van der Waals surface area contributed by atoms with Crippen molar-refractivity contribution in [1.82, 2.24) is 8.61 Å². The molecule has 2 rings (SSSR count). The van der Waals surface area contributed by atoms with E-state index in [9.17, 15) is 26.7 Å². The molecule has 0 aliphatic carbocycles. The average Bonchev–Trinajstić information content (AvgIpc) is 2.61. The van der Waals surface area contributed by atoms with Crippen molar-refractivity contribution in [3.63, 3.8) is 0 Å². The molecule has 1 aromatic carbocycles. The summed E-state index contributed by atoms with van der Waals surface area (Å²) in [4.78, 5) is 11.5. The first-order chi connectivity index (χ1) is 12.6. The minimum absolute atomic E-state index is 0.101. The van der Waals surface area contributed by atoms with Gasteiger partial charge in [-0.15, -0.1) is 5.92 Å². The molecule has 1 aliphatic rings. The minimum Gasteiger partial charge on any atom is -0.481 e. The van der Waals surface area contributed by atoms with Gasteiger partial charge < -0.3 is 9.84 Å². The highest BCUT2D eigenvalue weighted by atomic mass is 32.2. The second kappa shape index (κ2) is 8.26. The lowest BCUT2D eigenvalue weighted by Crippen LogP contribution is -2.59. The Labute approximate surface area is 158 Å². The molecule has 1 fully saturated rings. The summed E-state index contributed by atoms with van der Waals surface area (Å²) in [5.74, 6) is 4.39. The molecule has 1 atom stereocenters. The fourth-order valence-corrected chi connectivity index (χ4v) is 4.96. The van der Waals surface area contributed by atoms with E-state index in [1.54, 1.807) is 6.92 Å². The largest absolute Gasteiger partial charge is 0.481 e. The van der Waals surface area contributed by atoms with Gasteiger partial charge in [0, 0.05) is 19.6 Å². The highest BCUT2D eigenvalue weighted by Gasteiger charge is 2.42. The van der Waals surface area contributed by atoms with Crippen LogP contribution in [0.2, 0.25) is 0 Å². The van der Waals surface area contributed by atoms with Crippen LogP contribution in [-0.4, -0.2) is 75.1 Å². The smallest absolute Gasteiger partial charge is 0.323 e. The van der Waals surface area contributed by atoms with E-state index in [-0.39, 0.29) is 24.6 Å². The van der Waals surface area contributed by atoms with E-state index in [0.29, 0.717) is 5.75 Å². The van der Waals surface area contributed by atoms with E-state index >= 15 is 0 Å². The Morgan fingerprint density at radius 2 is 1.85 bits per heavy atom. The molecule has 0 amide bonds. The van der Waals surface area contributed by atoms with Crippen LogP contribution in [0.4, 0.5) is 0 Å². The Kier molecular flexibility index (Phi) is 6.48. The number of benzene rings is 1. The molecule has 9 nitrogen and oxygen atoms in total. The Balaban J connectivity index is 2.26. The van der Waals surface area contributed by atoms with Gasteiger partial charge in [0.05, 0.1) is 11.2 Å². The zero-order chi connectivity index (χ0) is 20.2. The molecule has 1 aliphatic heterocycles. The highest BCUT2D eigenvalue weighted by Crippen LogP contribution is 2.24. The van der Waals surface area contributed by atoms with E-state index in [0.717, 1.165) is 14.9 Å². The Hall–Kier alpha value is -2.13.